The van der Waals surface area contributed by atoms with Crippen LogP contribution in [0.3, 0.4) is 0 Å². The SMILES string of the molecule is Cc1c(-c2ccc(N3CCc4cccc(C(=O)Nc5nc6ccccc6s5)c4C3)nc2C(=O)O)cnn1CC12CC3(C)CC(C)(C1)CC(NC(=O)CNC(=O)OC(C)(C)C)(C3)C2. The van der Waals surface area contributed by atoms with Crippen LogP contribution in [-0.2, 0) is 29.0 Å². The second-order valence-corrected chi connectivity index (χ2v) is 21.1. The number of nitrogens with zero attached hydrogens (tertiary/aromatic N) is 5. The van der Waals surface area contributed by atoms with Crippen molar-refractivity contribution in [3.63, 3.8) is 0 Å². The van der Waals surface area contributed by atoms with Crippen molar-refractivity contribution in [2.75, 3.05) is 23.3 Å². The standard InChI is InChI=1S/C47H54N8O6S/c1-28-32(18-49-55(28)27-46-22-44(5)21-45(6,23-46)25-47(24-44,26-46)53-37(56)19-48-42(60)61-43(2,3)4)30-14-15-36(51-38(30)40(58)59)54-17-16-29-10-9-11-31(33(29)20-54)39(57)52-41-50-34-12-7-8-13-35(34)62-41/h7-15,18H,16-17,19-27H2,1-6H3,(H,48,60)(H,53,56)(H,58,59)(H,50,52,57). The molecule has 62 heavy (non-hydrogen) atoms. The Morgan fingerprint density at radius 1 is 0.903 bits per heavy atom. The molecule has 5 aromatic rings. The fourth-order valence-corrected chi connectivity index (χ4v) is 13.2. The maximum absolute atomic E-state index is 13.7. The third-order valence-corrected chi connectivity index (χ3v) is 14.2. The number of nitrogens with one attached hydrogen (secondary N) is 3. The first kappa shape index (κ1) is 41.5. The number of rotatable bonds is 10. The zero-order valence-corrected chi connectivity index (χ0v) is 37.0. The van der Waals surface area contributed by atoms with E-state index < -0.39 is 23.2 Å². The van der Waals surface area contributed by atoms with Gasteiger partial charge in [0, 0.05) is 47.6 Å². The van der Waals surface area contributed by atoms with Crippen molar-refractivity contribution in [1.82, 2.24) is 30.4 Å². The number of aromatic nitrogens is 4. The second-order valence-electron chi connectivity index (χ2n) is 20.1. The normalized spacial score (nSPS) is 25.0. The fourth-order valence-electron chi connectivity index (χ4n) is 12.3. The molecule has 4 saturated carbocycles. The number of para-hydroxylation sites is 1. The van der Waals surface area contributed by atoms with E-state index in [2.05, 4.69) is 34.8 Å². The summed E-state index contributed by atoms with van der Waals surface area (Å²) in [6.45, 7) is 13.5. The topological polar surface area (TPSA) is 181 Å². The lowest BCUT2D eigenvalue weighted by Crippen LogP contribution is -2.69. The van der Waals surface area contributed by atoms with Crippen LogP contribution >= 0.6 is 11.3 Å². The summed E-state index contributed by atoms with van der Waals surface area (Å²) in [5, 5.41) is 25.0. The van der Waals surface area contributed by atoms with Gasteiger partial charge in [0.05, 0.1) is 16.4 Å². The van der Waals surface area contributed by atoms with Crippen molar-refractivity contribution in [3.05, 3.63) is 88.9 Å². The Morgan fingerprint density at radius 2 is 1.66 bits per heavy atom. The number of pyridine rings is 1. The number of hydrogen-bond donors (Lipinski definition) is 4. The van der Waals surface area contributed by atoms with Crippen LogP contribution in [0.2, 0.25) is 0 Å². The molecule has 2 aromatic carbocycles. The van der Waals surface area contributed by atoms with Gasteiger partial charge in [-0.25, -0.2) is 19.6 Å². The molecule has 1 aliphatic heterocycles. The molecule has 4 aliphatic carbocycles. The molecule has 10 rings (SSSR count). The number of carbonyl (C=O) groups excluding carboxylic acids is 3. The minimum atomic E-state index is -1.14. The molecule has 3 aromatic heterocycles. The largest absolute Gasteiger partial charge is 0.476 e. The Morgan fingerprint density at radius 3 is 2.39 bits per heavy atom. The summed E-state index contributed by atoms with van der Waals surface area (Å²) in [7, 11) is 0. The number of carbonyl (C=O) groups is 4. The highest BCUT2D eigenvalue weighted by molar-refractivity contribution is 7.22. The van der Waals surface area contributed by atoms with Crippen molar-refractivity contribution < 1.29 is 29.0 Å². The van der Waals surface area contributed by atoms with Gasteiger partial charge in [0.2, 0.25) is 5.91 Å². The van der Waals surface area contributed by atoms with Crippen molar-refractivity contribution in [1.29, 1.82) is 0 Å². The van der Waals surface area contributed by atoms with E-state index in [1.807, 2.05) is 71.1 Å². The predicted molar refractivity (Wildman–Crippen MR) is 237 cm³/mol. The molecule has 2 unspecified atom stereocenters. The van der Waals surface area contributed by atoms with Gasteiger partial charge in [0.15, 0.2) is 10.8 Å². The van der Waals surface area contributed by atoms with E-state index in [1.165, 1.54) is 11.3 Å². The van der Waals surface area contributed by atoms with Crippen molar-refractivity contribution in [2.24, 2.45) is 16.2 Å². The molecule has 324 valence electrons. The van der Waals surface area contributed by atoms with Crippen molar-refractivity contribution in [3.8, 4) is 11.1 Å². The number of carboxylic acids is 1. The summed E-state index contributed by atoms with van der Waals surface area (Å²) >= 11 is 1.43. The zero-order chi connectivity index (χ0) is 43.8. The average Bonchev–Trinajstić information content (AvgIpc) is 3.75. The van der Waals surface area contributed by atoms with Gasteiger partial charge in [-0.2, -0.15) is 5.10 Å². The van der Waals surface area contributed by atoms with Crippen LogP contribution in [0, 0.1) is 23.2 Å². The van der Waals surface area contributed by atoms with Crippen LogP contribution < -0.4 is 20.9 Å². The van der Waals surface area contributed by atoms with E-state index in [0.717, 1.165) is 65.6 Å². The molecule has 4 bridgehead atoms. The molecule has 4 heterocycles. The monoisotopic (exact) mass is 858 g/mol. The lowest BCUT2D eigenvalue weighted by molar-refractivity contribution is -0.174. The maximum atomic E-state index is 13.7. The molecule has 15 heteroatoms. The third-order valence-electron chi connectivity index (χ3n) is 13.2. The van der Waals surface area contributed by atoms with E-state index in [9.17, 15) is 24.3 Å². The number of anilines is 2. The molecule has 3 amide bonds. The van der Waals surface area contributed by atoms with Crippen LogP contribution in [0.4, 0.5) is 15.7 Å². The lowest BCUT2D eigenvalue weighted by Gasteiger charge is -2.69. The number of amides is 3. The molecule has 4 fully saturated rings. The number of benzene rings is 2. The summed E-state index contributed by atoms with van der Waals surface area (Å²) in [4.78, 5) is 63.7. The van der Waals surface area contributed by atoms with E-state index in [4.69, 9.17) is 14.8 Å². The quantitative estimate of drug-likeness (QED) is 0.107. The van der Waals surface area contributed by atoms with Crippen LogP contribution in [0.5, 0.6) is 0 Å². The Kier molecular flexibility index (Phi) is 9.99. The number of fused-ring (bicyclic) bond motifs is 2. The van der Waals surface area contributed by atoms with E-state index >= 15 is 0 Å². The Bertz CT molecular complexity index is 2590. The zero-order valence-electron chi connectivity index (χ0n) is 36.2. The number of thiazole rings is 1. The second kappa shape index (κ2) is 14.9. The smallest absolute Gasteiger partial charge is 0.408 e. The number of hydrogen-bond acceptors (Lipinski definition) is 10. The lowest BCUT2D eigenvalue weighted by atomic mass is 9.38. The highest BCUT2D eigenvalue weighted by Gasteiger charge is 2.66. The number of alkyl carbamates (subject to hydrolysis) is 1. The van der Waals surface area contributed by atoms with Crippen LogP contribution in [-0.4, -0.2) is 73.0 Å². The first-order valence-electron chi connectivity index (χ1n) is 21.4. The summed E-state index contributed by atoms with van der Waals surface area (Å²) in [6, 6.07) is 17.2. The van der Waals surface area contributed by atoms with Crippen LogP contribution in [0.15, 0.2) is 60.8 Å². The van der Waals surface area contributed by atoms with Crippen molar-refractivity contribution >= 4 is 56.4 Å². The Labute approximate surface area is 364 Å². The van der Waals surface area contributed by atoms with Crippen LogP contribution in [0.25, 0.3) is 21.3 Å². The summed E-state index contributed by atoms with van der Waals surface area (Å²) in [5.41, 5.74) is 4.13. The number of ether oxygens (including phenoxy) is 1. The van der Waals surface area contributed by atoms with Gasteiger partial charge in [-0.05, 0) is 130 Å². The summed E-state index contributed by atoms with van der Waals surface area (Å²) in [5.74, 6) is -1.08. The highest BCUT2D eigenvalue weighted by Crippen LogP contribution is 2.71. The molecule has 14 nitrogen and oxygen atoms in total. The highest BCUT2D eigenvalue weighted by atomic mass is 32.1. The Hall–Kier alpha value is -5.83. The predicted octanol–water partition coefficient (Wildman–Crippen LogP) is 8.14. The first-order chi connectivity index (χ1) is 29.3. The minimum Gasteiger partial charge on any atom is -0.476 e. The van der Waals surface area contributed by atoms with E-state index in [1.54, 1.807) is 27.0 Å². The first-order valence-corrected chi connectivity index (χ1v) is 22.2. The molecular weight excluding hydrogens is 805 g/mol. The third kappa shape index (κ3) is 8.02. The average molecular weight is 859 g/mol. The minimum absolute atomic E-state index is 0.0193. The molecule has 5 aliphatic rings. The van der Waals surface area contributed by atoms with Crippen molar-refractivity contribution in [2.45, 2.75) is 111 Å². The van der Waals surface area contributed by atoms with Crippen LogP contribution in [0.1, 0.15) is 111 Å². The van der Waals surface area contributed by atoms with E-state index in [-0.39, 0.29) is 40.3 Å². The number of carboxylic acid groups (broad SMARTS) is 1. The Balaban J connectivity index is 0.931. The molecule has 2 atom stereocenters. The summed E-state index contributed by atoms with van der Waals surface area (Å²) in [6.07, 6.45) is 7.42. The molecule has 0 saturated heterocycles. The molecule has 0 radical (unpaired) electrons. The molecular formula is C47H54N8O6S. The maximum Gasteiger partial charge on any atom is 0.408 e. The van der Waals surface area contributed by atoms with Gasteiger partial charge < -0.3 is 25.4 Å². The van der Waals surface area contributed by atoms with Gasteiger partial charge in [-0.3, -0.25) is 19.6 Å². The van der Waals surface area contributed by atoms with E-state index in [0.29, 0.717) is 53.7 Å². The van der Waals surface area contributed by atoms with Gasteiger partial charge >= 0.3 is 12.1 Å². The summed E-state index contributed by atoms with van der Waals surface area (Å²) < 4.78 is 8.35. The number of aromatic carboxylic acids is 1. The fraction of sp³-hybridized carbons (Fsp3) is 0.468. The van der Waals surface area contributed by atoms with Gasteiger partial charge in [0.1, 0.15) is 18.0 Å². The molecule has 4 N–H and O–H groups in total. The van der Waals surface area contributed by atoms with Gasteiger partial charge in [-0.15, -0.1) is 0 Å². The van der Waals surface area contributed by atoms with Gasteiger partial charge in [-0.1, -0.05) is 49.4 Å². The van der Waals surface area contributed by atoms with Gasteiger partial charge in [0.25, 0.3) is 5.91 Å². The molecule has 0 spiro atoms.